The van der Waals surface area contributed by atoms with Crippen molar-refractivity contribution in [2.45, 2.75) is 207 Å². The van der Waals surface area contributed by atoms with Gasteiger partial charge < -0.3 is 24.6 Å². The molecule has 1 amide bonds. The van der Waals surface area contributed by atoms with Crippen molar-refractivity contribution in [2.75, 3.05) is 6.61 Å². The lowest BCUT2D eigenvalue weighted by molar-refractivity contribution is -0.258. The molecule has 1 aliphatic rings. The number of aliphatic hydroxyl groups is 1. The maximum atomic E-state index is 13.1. The first kappa shape index (κ1) is 41.7. The van der Waals surface area contributed by atoms with E-state index in [2.05, 4.69) is 38.2 Å². The van der Waals surface area contributed by atoms with E-state index >= 15 is 0 Å². The van der Waals surface area contributed by atoms with Crippen molar-refractivity contribution >= 4 is 5.91 Å². The zero-order valence-corrected chi connectivity index (χ0v) is 30.1. The van der Waals surface area contributed by atoms with Gasteiger partial charge in [0.15, 0.2) is 0 Å². The molecule has 1 rings (SSSR count). The van der Waals surface area contributed by atoms with Gasteiger partial charge in [-0.1, -0.05) is 136 Å². The number of carbonyl (C=O) groups excluding carboxylic acids is 1. The SMILES string of the molecule is C/C=C\O[C@H]1O[C@H](CC)[C@@H](O)[C@H](OCC[C@H](C)CCCCCCC)[C@H]1NC(=O)CCCCCCCCC/C=C\CCCCCC. The average molecular weight is 636 g/mol. The number of nitrogens with one attached hydrogen (secondary N) is 1. The molecule has 6 nitrogen and oxygen atoms in total. The zero-order valence-electron chi connectivity index (χ0n) is 30.1. The minimum Gasteiger partial charge on any atom is -0.471 e. The summed E-state index contributed by atoms with van der Waals surface area (Å²) < 4.78 is 18.3. The Kier molecular flexibility index (Phi) is 26.7. The predicted molar refractivity (Wildman–Crippen MR) is 189 cm³/mol. The third-order valence-corrected chi connectivity index (χ3v) is 9.14. The van der Waals surface area contributed by atoms with Crippen LogP contribution in [0.2, 0.25) is 0 Å². The van der Waals surface area contributed by atoms with Gasteiger partial charge in [0, 0.05) is 13.0 Å². The van der Waals surface area contributed by atoms with Gasteiger partial charge in [-0.15, -0.1) is 0 Å². The Morgan fingerprint density at radius 3 is 2.02 bits per heavy atom. The topological polar surface area (TPSA) is 77.0 Å². The van der Waals surface area contributed by atoms with Gasteiger partial charge in [-0.05, 0) is 57.8 Å². The first-order chi connectivity index (χ1) is 22.0. The van der Waals surface area contributed by atoms with Gasteiger partial charge in [-0.2, -0.15) is 0 Å². The van der Waals surface area contributed by atoms with Gasteiger partial charge in [-0.25, -0.2) is 0 Å². The van der Waals surface area contributed by atoms with Crippen molar-refractivity contribution in [1.82, 2.24) is 5.32 Å². The van der Waals surface area contributed by atoms with Crippen LogP contribution in [0, 0.1) is 5.92 Å². The molecule has 45 heavy (non-hydrogen) atoms. The van der Waals surface area contributed by atoms with Gasteiger partial charge in [0.25, 0.3) is 0 Å². The van der Waals surface area contributed by atoms with E-state index in [1.165, 1.54) is 109 Å². The molecular weight excluding hydrogens is 562 g/mol. The van der Waals surface area contributed by atoms with Crippen LogP contribution in [0.3, 0.4) is 0 Å². The number of amides is 1. The maximum absolute atomic E-state index is 13.1. The van der Waals surface area contributed by atoms with E-state index in [4.69, 9.17) is 14.2 Å². The number of ether oxygens (including phenoxy) is 3. The largest absolute Gasteiger partial charge is 0.471 e. The van der Waals surface area contributed by atoms with Crippen LogP contribution in [-0.2, 0) is 19.0 Å². The monoisotopic (exact) mass is 636 g/mol. The standard InChI is InChI=1S/C39H73NO5/c1-6-10-12-14-15-16-17-18-19-20-21-22-23-25-27-29-35(41)40-36-38(37(42)34(9-4)45-39(36)44-31-8-3)43-32-30-33(5)28-26-24-13-11-7-2/h8,16-17,31,33-34,36-39,42H,6-7,9-15,18-30,32H2,1-5H3,(H,40,41)/b17-16-,31-8-/t33-,34-,36-,37-,38-,39+/m1/s1. The molecule has 0 aromatic rings. The van der Waals surface area contributed by atoms with E-state index in [-0.39, 0.29) is 5.91 Å². The molecule has 0 spiro atoms. The highest BCUT2D eigenvalue weighted by molar-refractivity contribution is 5.76. The molecule has 2 N–H and O–H groups in total. The summed E-state index contributed by atoms with van der Waals surface area (Å²) in [6.45, 7) is 11.2. The summed E-state index contributed by atoms with van der Waals surface area (Å²) in [6.07, 6.45) is 31.3. The molecule has 0 bridgehead atoms. The van der Waals surface area contributed by atoms with Gasteiger partial charge >= 0.3 is 0 Å². The fourth-order valence-corrected chi connectivity index (χ4v) is 6.14. The van der Waals surface area contributed by atoms with Crippen LogP contribution in [0.25, 0.3) is 0 Å². The molecule has 1 heterocycles. The second-order valence-electron chi connectivity index (χ2n) is 13.4. The Bertz CT molecular complexity index is 741. The number of unbranched alkanes of at least 4 members (excludes halogenated alkanes) is 15. The lowest BCUT2D eigenvalue weighted by Crippen LogP contribution is -2.64. The second kappa shape index (κ2) is 28.8. The fraction of sp³-hybridized carbons (Fsp3) is 0.872. The molecule has 0 aliphatic carbocycles. The van der Waals surface area contributed by atoms with E-state index in [0.29, 0.717) is 25.4 Å². The van der Waals surface area contributed by atoms with E-state index in [9.17, 15) is 9.90 Å². The summed E-state index contributed by atoms with van der Waals surface area (Å²) in [5.74, 6) is 0.533. The molecule has 264 valence electrons. The number of rotatable bonds is 29. The smallest absolute Gasteiger partial charge is 0.222 e. The van der Waals surface area contributed by atoms with Crippen molar-refractivity contribution < 1.29 is 24.1 Å². The fourth-order valence-electron chi connectivity index (χ4n) is 6.14. The van der Waals surface area contributed by atoms with Gasteiger partial charge in [0.1, 0.15) is 18.2 Å². The minimum atomic E-state index is -0.823. The number of carbonyl (C=O) groups is 1. The van der Waals surface area contributed by atoms with Crippen LogP contribution in [0.5, 0.6) is 0 Å². The molecule has 1 saturated heterocycles. The highest BCUT2D eigenvalue weighted by atomic mass is 16.7. The third-order valence-electron chi connectivity index (χ3n) is 9.14. The normalized spacial score (nSPS) is 22.8. The van der Waals surface area contributed by atoms with Crippen molar-refractivity contribution in [3.05, 3.63) is 24.5 Å². The molecule has 1 fully saturated rings. The van der Waals surface area contributed by atoms with Crippen molar-refractivity contribution in [3.8, 4) is 0 Å². The lowest BCUT2D eigenvalue weighted by atomic mass is 9.94. The number of allylic oxidation sites excluding steroid dienone is 3. The Morgan fingerprint density at radius 1 is 0.822 bits per heavy atom. The van der Waals surface area contributed by atoms with Crippen LogP contribution in [0.4, 0.5) is 0 Å². The summed E-state index contributed by atoms with van der Waals surface area (Å²) in [5, 5.41) is 14.3. The number of aliphatic hydroxyl groups excluding tert-OH is 1. The maximum Gasteiger partial charge on any atom is 0.222 e. The molecule has 6 atom stereocenters. The summed E-state index contributed by atoms with van der Waals surface area (Å²) in [6, 6.07) is -0.568. The van der Waals surface area contributed by atoms with Crippen LogP contribution < -0.4 is 5.32 Å². The van der Waals surface area contributed by atoms with Crippen molar-refractivity contribution in [2.24, 2.45) is 5.92 Å². The van der Waals surface area contributed by atoms with E-state index in [0.717, 1.165) is 19.3 Å². The molecule has 6 heteroatoms. The Morgan fingerprint density at radius 2 is 1.40 bits per heavy atom. The zero-order chi connectivity index (χ0) is 33.0. The predicted octanol–water partition coefficient (Wildman–Crippen LogP) is 10.3. The Hall–Kier alpha value is -1.37. The van der Waals surface area contributed by atoms with Gasteiger partial charge in [-0.3, -0.25) is 4.79 Å². The molecule has 0 aromatic carbocycles. The first-order valence-corrected chi connectivity index (χ1v) is 19.1. The van der Waals surface area contributed by atoms with E-state index in [1.54, 1.807) is 12.3 Å². The third kappa shape index (κ3) is 20.5. The van der Waals surface area contributed by atoms with Crippen LogP contribution in [-0.4, -0.2) is 48.3 Å². The van der Waals surface area contributed by atoms with E-state index < -0.39 is 30.6 Å². The molecule has 0 aromatic heterocycles. The Labute approximate surface area is 278 Å². The van der Waals surface area contributed by atoms with Crippen molar-refractivity contribution in [1.29, 1.82) is 0 Å². The summed E-state index contributed by atoms with van der Waals surface area (Å²) >= 11 is 0. The van der Waals surface area contributed by atoms with Crippen LogP contribution >= 0.6 is 0 Å². The molecule has 0 saturated carbocycles. The minimum absolute atomic E-state index is 0.0321. The average Bonchev–Trinajstić information content (AvgIpc) is 3.03. The molecule has 0 unspecified atom stereocenters. The van der Waals surface area contributed by atoms with E-state index in [1.807, 2.05) is 13.8 Å². The van der Waals surface area contributed by atoms with Gasteiger partial charge in [0.2, 0.25) is 12.2 Å². The summed E-state index contributed by atoms with van der Waals surface area (Å²) in [5.41, 5.74) is 0. The van der Waals surface area contributed by atoms with Crippen LogP contribution in [0.15, 0.2) is 24.5 Å². The first-order valence-electron chi connectivity index (χ1n) is 19.1. The summed E-state index contributed by atoms with van der Waals surface area (Å²) in [4.78, 5) is 13.1. The number of hydrogen-bond acceptors (Lipinski definition) is 5. The van der Waals surface area contributed by atoms with Gasteiger partial charge in [0.05, 0.1) is 12.4 Å². The Balaban J connectivity index is 2.44. The molecular formula is C39H73NO5. The lowest BCUT2D eigenvalue weighted by Gasteiger charge is -2.44. The highest BCUT2D eigenvalue weighted by Gasteiger charge is 2.47. The highest BCUT2D eigenvalue weighted by Crippen LogP contribution is 2.27. The van der Waals surface area contributed by atoms with Crippen molar-refractivity contribution in [3.63, 3.8) is 0 Å². The second-order valence-corrected chi connectivity index (χ2v) is 13.4. The van der Waals surface area contributed by atoms with Crippen LogP contribution in [0.1, 0.15) is 176 Å². The quantitative estimate of drug-likeness (QED) is 0.0486. The number of hydrogen-bond donors (Lipinski definition) is 2. The molecule has 0 radical (unpaired) electrons. The summed E-state index contributed by atoms with van der Waals surface area (Å²) in [7, 11) is 0. The molecule has 1 aliphatic heterocycles.